The summed E-state index contributed by atoms with van der Waals surface area (Å²) < 4.78 is 23.1. The van der Waals surface area contributed by atoms with Gasteiger partial charge in [0.25, 0.3) is 0 Å². The van der Waals surface area contributed by atoms with E-state index in [1.54, 1.807) is 0 Å². The molecule has 0 fully saturated rings. The number of thiazole rings is 1. The minimum Gasteiger partial charge on any atom is -0.223 e. The fraction of sp³-hybridized carbons (Fsp3) is 0.111. The minimum absolute atomic E-state index is 0.107. The van der Waals surface area contributed by atoms with Gasteiger partial charge in [0.15, 0.2) is 0 Å². The molecule has 0 unspecified atom stereocenters. The molecule has 0 saturated heterocycles. The Kier molecular flexibility index (Phi) is 3.44. The molecule has 94 valence electrons. The number of benzene rings is 1. The van der Waals surface area contributed by atoms with Crippen molar-refractivity contribution >= 4 is 66.4 Å². The first-order valence-electron chi connectivity index (χ1n) is 4.41. The minimum atomic E-state index is -3.46. The highest BCUT2D eigenvalue weighted by Gasteiger charge is 2.19. The lowest BCUT2D eigenvalue weighted by molar-refractivity contribution is 0.565. The van der Waals surface area contributed by atoms with Crippen LogP contribution in [0.1, 0.15) is 0 Å². The summed E-state index contributed by atoms with van der Waals surface area (Å²) in [6.45, 7) is 0. The highest BCUT2D eigenvalue weighted by atomic mass is 35.5. The first kappa shape index (κ1) is 13.5. The zero-order valence-corrected chi connectivity index (χ0v) is 11.9. The number of fused-ring (bicyclic) bond motifs is 1. The molecule has 1 heterocycles. The summed E-state index contributed by atoms with van der Waals surface area (Å²) in [6, 6.07) is 1.35. The third-order valence-corrected chi connectivity index (χ3v) is 5.32. The maximum absolute atomic E-state index is 11.4. The second-order valence-electron chi connectivity index (χ2n) is 3.32. The summed E-state index contributed by atoms with van der Waals surface area (Å²) in [6.07, 6.45) is 2.39. The van der Waals surface area contributed by atoms with Gasteiger partial charge in [-0.05, 0) is 6.07 Å². The number of aromatic nitrogens is 1. The van der Waals surface area contributed by atoms with Crippen molar-refractivity contribution in [2.24, 2.45) is 4.99 Å². The van der Waals surface area contributed by atoms with Crippen molar-refractivity contribution in [3.63, 3.8) is 0 Å². The molecule has 0 amide bonds. The smallest absolute Gasteiger partial charge is 0.223 e. The number of halogens is 2. The van der Waals surface area contributed by atoms with E-state index in [0.29, 0.717) is 4.70 Å². The number of hydrogen-bond acceptors (Lipinski definition) is 6. The molecule has 0 saturated carbocycles. The number of nitrogens with zero attached hydrogens (tertiary/aromatic N) is 2. The van der Waals surface area contributed by atoms with Crippen molar-refractivity contribution in [3.05, 3.63) is 16.1 Å². The molecule has 2 rings (SSSR count). The van der Waals surface area contributed by atoms with Crippen LogP contribution in [0.3, 0.4) is 0 Å². The second kappa shape index (κ2) is 4.60. The lowest BCUT2D eigenvalue weighted by Gasteiger charge is -1.98. The highest BCUT2D eigenvalue weighted by molar-refractivity contribution is 7.92. The number of hydrogen-bond donors (Lipinski definition) is 0. The fourth-order valence-electron chi connectivity index (χ4n) is 1.29. The normalized spacial score (nSPS) is 11.5. The Bertz CT molecular complexity index is 792. The molecule has 0 N–H and O–H groups in total. The van der Waals surface area contributed by atoms with Crippen molar-refractivity contribution in [3.8, 4) is 0 Å². The van der Waals surface area contributed by atoms with Gasteiger partial charge < -0.3 is 0 Å². The van der Waals surface area contributed by atoms with Gasteiger partial charge in [-0.2, -0.15) is 4.99 Å². The molecule has 18 heavy (non-hydrogen) atoms. The van der Waals surface area contributed by atoms with E-state index in [4.69, 9.17) is 23.2 Å². The van der Waals surface area contributed by atoms with Crippen LogP contribution in [0.15, 0.2) is 15.4 Å². The molecule has 0 aliphatic heterocycles. The average Bonchev–Trinajstić information content (AvgIpc) is 2.68. The maximum atomic E-state index is 11.4. The van der Waals surface area contributed by atoms with Crippen LogP contribution in [0.2, 0.25) is 10.0 Å². The molecular formula is C9H4Cl2N2O3S2. The van der Waals surface area contributed by atoms with Crippen LogP contribution in [-0.4, -0.2) is 25.7 Å². The van der Waals surface area contributed by atoms with Crippen LogP contribution in [0.5, 0.6) is 0 Å². The Balaban J connectivity index is 2.95. The standard InChI is InChI=1S/C9H4Cl2N2O3S2/c1-18(15,16)9-13-7-5(11)2-4(10)6(12-3-14)8(7)17-9/h2H,1H3. The Morgan fingerprint density at radius 2 is 2.06 bits per heavy atom. The van der Waals surface area contributed by atoms with Gasteiger partial charge in [0.1, 0.15) is 11.2 Å². The summed E-state index contributed by atoms with van der Waals surface area (Å²) in [5.41, 5.74) is 0.374. The molecule has 5 nitrogen and oxygen atoms in total. The van der Waals surface area contributed by atoms with Gasteiger partial charge in [-0.3, -0.25) is 0 Å². The largest absolute Gasteiger partial charge is 0.240 e. The van der Waals surface area contributed by atoms with Gasteiger partial charge in [0, 0.05) is 6.26 Å². The lowest BCUT2D eigenvalue weighted by Crippen LogP contribution is -1.94. The number of isocyanates is 1. The van der Waals surface area contributed by atoms with Crippen molar-refractivity contribution < 1.29 is 13.2 Å². The maximum Gasteiger partial charge on any atom is 0.240 e. The Morgan fingerprint density at radius 3 is 2.61 bits per heavy atom. The van der Waals surface area contributed by atoms with E-state index in [1.807, 2.05) is 0 Å². The van der Waals surface area contributed by atoms with Crippen LogP contribution < -0.4 is 0 Å². The van der Waals surface area contributed by atoms with Crippen LogP contribution >= 0.6 is 34.5 Å². The van der Waals surface area contributed by atoms with E-state index < -0.39 is 9.84 Å². The molecule has 0 aliphatic rings. The lowest BCUT2D eigenvalue weighted by atomic mass is 10.3. The molecule has 0 bridgehead atoms. The van der Waals surface area contributed by atoms with Gasteiger partial charge in [-0.15, -0.1) is 11.3 Å². The molecule has 0 aliphatic carbocycles. The first-order chi connectivity index (χ1) is 8.34. The van der Waals surface area contributed by atoms with Gasteiger partial charge in [-0.25, -0.2) is 18.2 Å². The van der Waals surface area contributed by atoms with Crippen LogP contribution in [0.4, 0.5) is 5.69 Å². The Morgan fingerprint density at radius 1 is 1.39 bits per heavy atom. The van der Waals surface area contributed by atoms with Crippen molar-refractivity contribution in [2.45, 2.75) is 4.34 Å². The molecule has 0 radical (unpaired) electrons. The van der Waals surface area contributed by atoms with E-state index in [1.165, 1.54) is 12.1 Å². The summed E-state index contributed by atoms with van der Waals surface area (Å²) >= 11 is 12.7. The van der Waals surface area contributed by atoms with E-state index in [-0.39, 0.29) is 25.6 Å². The fourth-order valence-corrected chi connectivity index (χ4v) is 3.88. The van der Waals surface area contributed by atoms with Crippen LogP contribution in [0.25, 0.3) is 10.2 Å². The van der Waals surface area contributed by atoms with Crippen molar-refractivity contribution in [1.82, 2.24) is 4.98 Å². The quantitative estimate of drug-likeness (QED) is 0.629. The summed E-state index contributed by atoms with van der Waals surface area (Å²) in [7, 11) is -3.46. The molecular weight excluding hydrogens is 319 g/mol. The average molecular weight is 323 g/mol. The Hall–Kier alpha value is -0.980. The van der Waals surface area contributed by atoms with Gasteiger partial charge in [-0.1, -0.05) is 23.2 Å². The molecule has 1 aromatic carbocycles. The third kappa shape index (κ3) is 2.28. The van der Waals surface area contributed by atoms with Gasteiger partial charge in [0.05, 0.1) is 14.7 Å². The van der Waals surface area contributed by atoms with E-state index in [2.05, 4.69) is 9.98 Å². The Labute approximate surface area is 116 Å². The predicted octanol–water partition coefficient (Wildman–Crippen LogP) is 2.97. The van der Waals surface area contributed by atoms with Crippen LogP contribution in [0, 0.1) is 0 Å². The zero-order chi connectivity index (χ0) is 13.5. The van der Waals surface area contributed by atoms with E-state index in [0.717, 1.165) is 17.6 Å². The van der Waals surface area contributed by atoms with Crippen LogP contribution in [-0.2, 0) is 14.6 Å². The number of rotatable bonds is 2. The van der Waals surface area contributed by atoms with Crippen molar-refractivity contribution in [2.75, 3.05) is 6.26 Å². The number of sulfone groups is 1. The monoisotopic (exact) mass is 322 g/mol. The predicted molar refractivity (Wildman–Crippen MR) is 70.5 cm³/mol. The molecule has 0 atom stereocenters. The molecule has 0 spiro atoms. The molecule has 2 aromatic rings. The number of carbonyl (C=O) groups excluding carboxylic acids is 1. The first-order valence-corrected chi connectivity index (χ1v) is 7.87. The molecule has 1 aromatic heterocycles. The van der Waals surface area contributed by atoms with Gasteiger partial charge in [0.2, 0.25) is 20.3 Å². The second-order valence-corrected chi connectivity index (χ2v) is 7.32. The molecule has 9 heteroatoms. The summed E-state index contributed by atoms with van der Waals surface area (Å²) in [5.74, 6) is 0. The summed E-state index contributed by atoms with van der Waals surface area (Å²) in [5, 5.41) is 0.338. The zero-order valence-electron chi connectivity index (χ0n) is 8.77. The number of aliphatic imine (C=N–C) groups is 1. The summed E-state index contributed by atoms with van der Waals surface area (Å²) in [4.78, 5) is 17.7. The third-order valence-electron chi connectivity index (χ3n) is 2.00. The SMILES string of the molecule is CS(=O)(=O)c1nc2c(Cl)cc(Cl)c(N=C=O)c2s1. The highest BCUT2D eigenvalue weighted by Crippen LogP contribution is 2.41. The van der Waals surface area contributed by atoms with Gasteiger partial charge >= 0.3 is 0 Å². The van der Waals surface area contributed by atoms with E-state index >= 15 is 0 Å². The van der Waals surface area contributed by atoms with E-state index in [9.17, 15) is 13.2 Å². The van der Waals surface area contributed by atoms with Crippen molar-refractivity contribution in [1.29, 1.82) is 0 Å². The topological polar surface area (TPSA) is 76.5 Å².